The van der Waals surface area contributed by atoms with Gasteiger partial charge in [0.05, 0.1) is 12.3 Å². The van der Waals surface area contributed by atoms with Crippen LogP contribution in [0.2, 0.25) is 0 Å². The molecule has 4 nitrogen and oxygen atoms in total. The zero-order valence-electron chi connectivity index (χ0n) is 11.3. The minimum absolute atomic E-state index is 0.431. The van der Waals surface area contributed by atoms with Crippen LogP contribution in [-0.2, 0) is 0 Å². The molecule has 20 heavy (non-hydrogen) atoms. The van der Waals surface area contributed by atoms with E-state index in [1.54, 1.807) is 6.20 Å². The van der Waals surface area contributed by atoms with Crippen LogP contribution < -0.4 is 10.5 Å². The van der Waals surface area contributed by atoms with Gasteiger partial charge in [-0.1, -0.05) is 13.8 Å². The van der Waals surface area contributed by atoms with Crippen LogP contribution >= 0.6 is 27.7 Å². The Morgan fingerprint density at radius 2 is 2.00 bits per heavy atom. The second kappa shape index (κ2) is 6.95. The molecule has 2 rings (SSSR count). The molecule has 0 saturated carbocycles. The van der Waals surface area contributed by atoms with Gasteiger partial charge in [0.25, 0.3) is 0 Å². The van der Waals surface area contributed by atoms with E-state index in [0.717, 1.165) is 14.5 Å². The average molecular weight is 354 g/mol. The maximum Gasteiger partial charge on any atom is 0.238 e. The molecule has 0 radical (unpaired) electrons. The molecule has 0 aliphatic heterocycles. The Morgan fingerprint density at radius 1 is 1.25 bits per heavy atom. The van der Waals surface area contributed by atoms with Crippen LogP contribution in [0.25, 0.3) is 0 Å². The molecule has 106 valence electrons. The Balaban J connectivity index is 2.12. The lowest BCUT2D eigenvalue weighted by Crippen LogP contribution is -2.07. The van der Waals surface area contributed by atoms with Gasteiger partial charge in [-0.25, -0.2) is 9.97 Å². The number of nitrogens with zero attached hydrogens (tertiary/aromatic N) is 2. The first-order valence-electron chi connectivity index (χ1n) is 6.23. The lowest BCUT2D eigenvalue weighted by molar-refractivity contribution is 0.261. The summed E-state index contributed by atoms with van der Waals surface area (Å²) in [6, 6.07) is 7.56. The zero-order chi connectivity index (χ0) is 14.5. The first-order valence-corrected chi connectivity index (χ1v) is 7.84. The zero-order valence-corrected chi connectivity index (χ0v) is 13.7. The number of nitrogen functional groups attached to an aromatic ring is 1. The van der Waals surface area contributed by atoms with E-state index in [9.17, 15) is 0 Å². The Hall–Kier alpha value is -1.27. The fraction of sp³-hybridized carbons (Fsp3) is 0.286. The van der Waals surface area contributed by atoms with E-state index in [1.807, 2.05) is 24.3 Å². The molecule has 2 heterocycles. The maximum atomic E-state index is 5.87. The predicted molar refractivity (Wildman–Crippen MR) is 85.0 cm³/mol. The van der Waals surface area contributed by atoms with E-state index in [2.05, 4.69) is 39.7 Å². The largest absolute Gasteiger partial charge is 0.476 e. The summed E-state index contributed by atoms with van der Waals surface area (Å²) >= 11 is 4.84. The monoisotopic (exact) mass is 353 g/mol. The molecule has 2 N–H and O–H groups in total. The molecule has 0 fully saturated rings. The molecule has 0 atom stereocenters. The minimum atomic E-state index is 0.431. The molecule has 0 aromatic carbocycles. The van der Waals surface area contributed by atoms with Crippen LogP contribution in [0, 0.1) is 5.92 Å². The molecular weight excluding hydrogens is 338 g/mol. The summed E-state index contributed by atoms with van der Waals surface area (Å²) in [5.74, 6) is 0.918. The SMILES string of the molecule is CC(C)COc1nc(Sc2ccc(Br)cn2)ccc1N. The topological polar surface area (TPSA) is 61.0 Å². The second-order valence-corrected chi connectivity index (χ2v) is 6.62. The van der Waals surface area contributed by atoms with Crippen LogP contribution in [0.4, 0.5) is 5.69 Å². The van der Waals surface area contributed by atoms with Crippen molar-refractivity contribution in [3.05, 3.63) is 34.9 Å². The van der Waals surface area contributed by atoms with Gasteiger partial charge < -0.3 is 10.5 Å². The highest BCUT2D eigenvalue weighted by atomic mass is 79.9. The van der Waals surface area contributed by atoms with Crippen LogP contribution in [-0.4, -0.2) is 16.6 Å². The number of hydrogen-bond donors (Lipinski definition) is 1. The van der Waals surface area contributed by atoms with Crippen LogP contribution in [0.1, 0.15) is 13.8 Å². The van der Waals surface area contributed by atoms with Crippen LogP contribution in [0.15, 0.2) is 45.0 Å². The summed E-state index contributed by atoms with van der Waals surface area (Å²) in [4.78, 5) is 8.73. The summed E-state index contributed by atoms with van der Waals surface area (Å²) < 4.78 is 6.57. The van der Waals surface area contributed by atoms with Gasteiger partial charge in [-0.05, 0) is 57.9 Å². The molecule has 2 aromatic heterocycles. The molecular formula is C14H16BrN3OS. The van der Waals surface area contributed by atoms with Crippen LogP contribution in [0.5, 0.6) is 5.88 Å². The summed E-state index contributed by atoms with van der Waals surface area (Å²) in [7, 11) is 0. The Morgan fingerprint density at radius 3 is 2.65 bits per heavy atom. The minimum Gasteiger partial charge on any atom is -0.476 e. The smallest absolute Gasteiger partial charge is 0.238 e. The van der Waals surface area contributed by atoms with Crippen LogP contribution in [0.3, 0.4) is 0 Å². The van der Waals surface area contributed by atoms with Gasteiger partial charge in [0.1, 0.15) is 10.1 Å². The molecule has 0 aliphatic carbocycles. The van der Waals surface area contributed by atoms with Gasteiger partial charge in [-0.2, -0.15) is 0 Å². The molecule has 6 heteroatoms. The van der Waals surface area contributed by atoms with Gasteiger partial charge in [-0.3, -0.25) is 0 Å². The van der Waals surface area contributed by atoms with E-state index in [0.29, 0.717) is 24.1 Å². The molecule has 0 bridgehead atoms. The maximum absolute atomic E-state index is 5.87. The molecule has 0 aliphatic rings. The highest BCUT2D eigenvalue weighted by Gasteiger charge is 2.07. The third kappa shape index (κ3) is 4.38. The summed E-state index contributed by atoms with van der Waals surface area (Å²) in [6.45, 7) is 4.77. The number of aromatic nitrogens is 2. The number of halogens is 1. The second-order valence-electron chi connectivity index (χ2n) is 4.67. The van der Waals surface area contributed by atoms with Gasteiger partial charge in [-0.15, -0.1) is 0 Å². The molecule has 0 spiro atoms. The quantitative estimate of drug-likeness (QED) is 0.879. The van der Waals surface area contributed by atoms with Crippen molar-refractivity contribution in [2.45, 2.75) is 23.9 Å². The molecule has 2 aromatic rings. The van der Waals surface area contributed by atoms with E-state index in [4.69, 9.17) is 10.5 Å². The number of ether oxygens (including phenoxy) is 1. The number of anilines is 1. The average Bonchev–Trinajstić information content (AvgIpc) is 2.42. The van der Waals surface area contributed by atoms with Gasteiger partial charge in [0.15, 0.2) is 0 Å². The van der Waals surface area contributed by atoms with Crippen molar-refractivity contribution in [3.63, 3.8) is 0 Å². The fourth-order valence-corrected chi connectivity index (χ4v) is 2.34. The lowest BCUT2D eigenvalue weighted by atomic mass is 10.2. The van der Waals surface area contributed by atoms with Crippen molar-refractivity contribution in [1.29, 1.82) is 0 Å². The summed E-state index contributed by atoms with van der Waals surface area (Å²) in [6.07, 6.45) is 1.76. The van der Waals surface area contributed by atoms with Crippen molar-refractivity contribution >= 4 is 33.4 Å². The van der Waals surface area contributed by atoms with Crippen molar-refractivity contribution in [2.24, 2.45) is 5.92 Å². The van der Waals surface area contributed by atoms with Crippen molar-refractivity contribution in [2.75, 3.05) is 12.3 Å². The van der Waals surface area contributed by atoms with Gasteiger partial charge >= 0.3 is 0 Å². The summed E-state index contributed by atoms with van der Waals surface area (Å²) in [5, 5.41) is 1.69. The Bertz CT molecular complexity index is 575. The van der Waals surface area contributed by atoms with E-state index in [1.165, 1.54) is 11.8 Å². The first-order chi connectivity index (χ1) is 9.54. The van der Waals surface area contributed by atoms with Crippen molar-refractivity contribution < 1.29 is 4.74 Å². The Kier molecular flexibility index (Phi) is 5.25. The standard InChI is InChI=1S/C14H16BrN3OS/c1-9(2)8-19-14-11(16)4-6-13(18-14)20-12-5-3-10(15)7-17-12/h3-7,9H,8,16H2,1-2H3. The first kappa shape index (κ1) is 15.1. The molecule has 0 amide bonds. The third-order valence-electron chi connectivity index (χ3n) is 2.33. The van der Waals surface area contributed by atoms with E-state index >= 15 is 0 Å². The van der Waals surface area contributed by atoms with Crippen molar-refractivity contribution in [1.82, 2.24) is 9.97 Å². The predicted octanol–water partition coefficient (Wildman–Crippen LogP) is 4.01. The van der Waals surface area contributed by atoms with E-state index in [-0.39, 0.29) is 0 Å². The molecule has 0 saturated heterocycles. The van der Waals surface area contributed by atoms with Gasteiger partial charge in [0.2, 0.25) is 5.88 Å². The highest BCUT2D eigenvalue weighted by Crippen LogP contribution is 2.29. The lowest BCUT2D eigenvalue weighted by Gasteiger charge is -2.10. The van der Waals surface area contributed by atoms with Gasteiger partial charge in [0, 0.05) is 10.7 Å². The fourth-order valence-electron chi connectivity index (χ4n) is 1.38. The molecule has 0 unspecified atom stereocenters. The number of nitrogens with two attached hydrogens (primary N) is 1. The normalized spacial score (nSPS) is 10.8. The highest BCUT2D eigenvalue weighted by molar-refractivity contribution is 9.10. The number of hydrogen-bond acceptors (Lipinski definition) is 5. The van der Waals surface area contributed by atoms with E-state index < -0.39 is 0 Å². The number of rotatable bonds is 5. The number of pyridine rings is 2. The Labute approximate surface area is 131 Å². The summed E-state index contributed by atoms with van der Waals surface area (Å²) in [5.41, 5.74) is 6.42. The third-order valence-corrected chi connectivity index (χ3v) is 3.68. The van der Waals surface area contributed by atoms with Crippen molar-refractivity contribution in [3.8, 4) is 5.88 Å².